The van der Waals surface area contributed by atoms with Crippen LogP contribution < -0.4 is 0 Å². The molecule has 0 aliphatic rings. The van der Waals surface area contributed by atoms with Gasteiger partial charge in [0.25, 0.3) is 0 Å². The Morgan fingerprint density at radius 2 is 2.00 bits per heavy atom. The predicted molar refractivity (Wildman–Crippen MR) is 55.2 cm³/mol. The van der Waals surface area contributed by atoms with E-state index in [0.29, 0.717) is 12.8 Å². The van der Waals surface area contributed by atoms with Gasteiger partial charge in [0.1, 0.15) is 12.1 Å². The van der Waals surface area contributed by atoms with Gasteiger partial charge in [0.05, 0.1) is 0 Å². The first-order chi connectivity index (χ1) is 6.75. The van der Waals surface area contributed by atoms with Crippen LogP contribution in [0.4, 0.5) is 0 Å². The Balaban J connectivity index is 2.61. The Hall–Kier alpha value is -1.44. The van der Waals surface area contributed by atoms with Gasteiger partial charge in [-0.2, -0.15) is 0 Å². The molecule has 0 aliphatic carbocycles. The number of aldehydes is 1. The molecule has 0 radical (unpaired) electrons. The smallest absolute Gasteiger partial charge is 0.140 e. The number of benzene rings is 1. The number of hydrogen-bond acceptors (Lipinski definition) is 2. The van der Waals surface area contributed by atoms with E-state index in [1.807, 2.05) is 37.3 Å². The lowest BCUT2D eigenvalue weighted by molar-refractivity contribution is -0.121. The predicted octanol–water partition coefficient (Wildman–Crippen LogP) is 2.34. The van der Waals surface area contributed by atoms with Crippen molar-refractivity contribution >= 4 is 12.1 Å². The number of rotatable bonds is 5. The summed E-state index contributed by atoms with van der Waals surface area (Å²) in [4.78, 5) is 21.7. The molecule has 0 fully saturated rings. The molecule has 1 rings (SSSR count). The number of carbonyl (C=O) groups is 2. The Kier molecular flexibility index (Phi) is 4.05. The van der Waals surface area contributed by atoms with E-state index in [4.69, 9.17) is 0 Å². The Labute approximate surface area is 83.9 Å². The molecule has 1 atom stereocenters. The molecule has 0 spiro atoms. The van der Waals surface area contributed by atoms with E-state index in [2.05, 4.69) is 0 Å². The summed E-state index contributed by atoms with van der Waals surface area (Å²) in [6.45, 7) is 1.88. The molecule has 0 N–H and O–H groups in total. The average Bonchev–Trinajstić information content (AvgIpc) is 2.26. The van der Waals surface area contributed by atoms with Crippen molar-refractivity contribution in [3.05, 3.63) is 35.9 Å². The lowest BCUT2D eigenvalue weighted by atomic mass is 9.94. The maximum Gasteiger partial charge on any atom is 0.140 e. The summed E-state index contributed by atoms with van der Waals surface area (Å²) in [5.74, 6) is 0.0273. The van der Waals surface area contributed by atoms with Crippen LogP contribution in [-0.4, -0.2) is 12.1 Å². The largest absolute Gasteiger partial charge is 0.303 e. The summed E-state index contributed by atoms with van der Waals surface area (Å²) in [6, 6.07) is 9.62. The fraction of sp³-hybridized carbons (Fsp3) is 0.333. The zero-order valence-corrected chi connectivity index (χ0v) is 8.27. The van der Waals surface area contributed by atoms with Crippen molar-refractivity contribution in [2.24, 2.45) is 0 Å². The summed E-state index contributed by atoms with van der Waals surface area (Å²) in [5, 5.41) is 0. The van der Waals surface area contributed by atoms with Gasteiger partial charge in [-0.25, -0.2) is 0 Å². The second-order valence-electron chi connectivity index (χ2n) is 3.30. The lowest BCUT2D eigenvalue weighted by Crippen LogP contribution is -2.08. The maximum atomic E-state index is 11.5. The third-order valence-electron chi connectivity index (χ3n) is 2.29. The topological polar surface area (TPSA) is 34.1 Å². The van der Waals surface area contributed by atoms with Crippen LogP contribution in [-0.2, 0) is 9.59 Å². The molecular weight excluding hydrogens is 176 g/mol. The monoisotopic (exact) mass is 190 g/mol. The minimum absolute atomic E-state index is 0.101. The third kappa shape index (κ3) is 2.80. The normalized spacial score (nSPS) is 12.1. The van der Waals surface area contributed by atoms with E-state index in [1.165, 1.54) is 0 Å². The van der Waals surface area contributed by atoms with Crippen molar-refractivity contribution in [3.8, 4) is 0 Å². The van der Waals surface area contributed by atoms with Crippen LogP contribution in [0.5, 0.6) is 0 Å². The molecule has 74 valence electrons. The number of Topliss-reactive ketones (excluding diaryl/α,β-unsaturated/α-hetero) is 1. The zero-order valence-electron chi connectivity index (χ0n) is 8.27. The lowest BCUT2D eigenvalue weighted by Gasteiger charge is -2.09. The van der Waals surface area contributed by atoms with Crippen LogP contribution in [0.3, 0.4) is 0 Å². The molecule has 0 aliphatic heterocycles. The molecule has 0 saturated heterocycles. The highest BCUT2D eigenvalue weighted by Gasteiger charge is 2.13. The molecule has 0 amide bonds. The van der Waals surface area contributed by atoms with Gasteiger partial charge in [0.2, 0.25) is 0 Å². The van der Waals surface area contributed by atoms with Gasteiger partial charge in [-0.05, 0) is 5.56 Å². The second-order valence-corrected chi connectivity index (χ2v) is 3.30. The minimum atomic E-state index is -0.101. The summed E-state index contributed by atoms with van der Waals surface area (Å²) < 4.78 is 0. The number of hydrogen-bond donors (Lipinski definition) is 0. The van der Waals surface area contributed by atoms with Crippen molar-refractivity contribution in [1.29, 1.82) is 0 Å². The summed E-state index contributed by atoms with van der Waals surface area (Å²) in [7, 11) is 0. The number of ketones is 1. The first kappa shape index (κ1) is 10.6. The van der Waals surface area contributed by atoms with E-state index < -0.39 is 0 Å². The minimum Gasteiger partial charge on any atom is -0.303 e. The second kappa shape index (κ2) is 5.32. The molecule has 0 aromatic heterocycles. The van der Waals surface area contributed by atoms with Crippen LogP contribution in [0.1, 0.15) is 31.2 Å². The van der Waals surface area contributed by atoms with Gasteiger partial charge < -0.3 is 4.79 Å². The van der Waals surface area contributed by atoms with Gasteiger partial charge in [-0.3, -0.25) is 4.79 Å². The highest BCUT2D eigenvalue weighted by atomic mass is 16.1. The first-order valence-electron chi connectivity index (χ1n) is 4.77. The molecule has 1 aromatic rings. The average molecular weight is 190 g/mol. The van der Waals surface area contributed by atoms with Gasteiger partial charge >= 0.3 is 0 Å². The number of carbonyl (C=O) groups excluding carboxylic acids is 2. The van der Waals surface area contributed by atoms with Gasteiger partial charge in [-0.1, -0.05) is 37.3 Å². The van der Waals surface area contributed by atoms with E-state index in [1.54, 1.807) is 0 Å². The van der Waals surface area contributed by atoms with Crippen LogP contribution in [0.15, 0.2) is 30.3 Å². The standard InChI is InChI=1S/C12H14O2/c1-10(12(14)8-5-9-13)11-6-3-2-4-7-11/h2-4,6-7,9-10H,5,8H2,1H3. The van der Waals surface area contributed by atoms with Crippen LogP contribution in [0, 0.1) is 0 Å². The first-order valence-corrected chi connectivity index (χ1v) is 4.77. The van der Waals surface area contributed by atoms with E-state index in [-0.39, 0.29) is 11.7 Å². The Bertz CT molecular complexity index is 303. The molecular formula is C12H14O2. The zero-order chi connectivity index (χ0) is 10.4. The van der Waals surface area contributed by atoms with Gasteiger partial charge in [0, 0.05) is 18.8 Å². The van der Waals surface area contributed by atoms with E-state index in [0.717, 1.165) is 11.8 Å². The van der Waals surface area contributed by atoms with Crippen molar-refractivity contribution in [2.45, 2.75) is 25.7 Å². The van der Waals surface area contributed by atoms with Crippen molar-refractivity contribution < 1.29 is 9.59 Å². The van der Waals surface area contributed by atoms with E-state index in [9.17, 15) is 9.59 Å². The van der Waals surface area contributed by atoms with Crippen molar-refractivity contribution in [1.82, 2.24) is 0 Å². The third-order valence-corrected chi connectivity index (χ3v) is 2.29. The van der Waals surface area contributed by atoms with Crippen molar-refractivity contribution in [2.75, 3.05) is 0 Å². The molecule has 0 bridgehead atoms. The Morgan fingerprint density at radius 1 is 1.36 bits per heavy atom. The molecule has 1 aromatic carbocycles. The quantitative estimate of drug-likeness (QED) is 0.668. The molecule has 2 nitrogen and oxygen atoms in total. The van der Waals surface area contributed by atoms with E-state index >= 15 is 0 Å². The van der Waals surface area contributed by atoms with Gasteiger partial charge in [-0.15, -0.1) is 0 Å². The summed E-state index contributed by atoms with van der Waals surface area (Å²) >= 11 is 0. The molecule has 0 saturated carbocycles. The van der Waals surface area contributed by atoms with Gasteiger partial charge in [0.15, 0.2) is 0 Å². The summed E-state index contributed by atoms with van der Waals surface area (Å²) in [6.07, 6.45) is 1.46. The van der Waals surface area contributed by atoms with Crippen LogP contribution in [0.25, 0.3) is 0 Å². The highest BCUT2D eigenvalue weighted by molar-refractivity contribution is 5.86. The molecule has 0 heterocycles. The highest BCUT2D eigenvalue weighted by Crippen LogP contribution is 2.17. The molecule has 1 unspecified atom stereocenters. The molecule has 14 heavy (non-hydrogen) atoms. The van der Waals surface area contributed by atoms with Crippen molar-refractivity contribution in [3.63, 3.8) is 0 Å². The fourth-order valence-electron chi connectivity index (χ4n) is 1.35. The SMILES string of the molecule is CC(C(=O)CCC=O)c1ccccc1. The summed E-state index contributed by atoms with van der Waals surface area (Å²) in [5.41, 5.74) is 1.02. The van der Waals surface area contributed by atoms with Crippen LogP contribution in [0.2, 0.25) is 0 Å². The Morgan fingerprint density at radius 3 is 2.57 bits per heavy atom. The fourth-order valence-corrected chi connectivity index (χ4v) is 1.35. The molecule has 2 heteroatoms. The maximum absolute atomic E-state index is 11.5. The van der Waals surface area contributed by atoms with Crippen LogP contribution >= 0.6 is 0 Å².